The fourth-order valence-electron chi connectivity index (χ4n) is 7.73. The number of piperidine rings is 2. The highest BCUT2D eigenvalue weighted by Gasteiger charge is 2.45. The largest absolute Gasteiger partial charge is 0.371 e. The van der Waals surface area contributed by atoms with Crippen LogP contribution in [0.4, 0.5) is 28.8 Å². The number of amides is 5. The van der Waals surface area contributed by atoms with Gasteiger partial charge in [-0.3, -0.25) is 34.2 Å². The van der Waals surface area contributed by atoms with Gasteiger partial charge in [-0.05, 0) is 86.6 Å². The highest BCUT2D eigenvalue weighted by Crippen LogP contribution is 2.33. The van der Waals surface area contributed by atoms with Crippen molar-refractivity contribution in [2.45, 2.75) is 52.0 Å². The number of aromatic nitrogens is 4. The number of aryl methyl sites for hydroxylation is 3. The topological polar surface area (TPSA) is 184 Å². The van der Waals surface area contributed by atoms with Crippen LogP contribution < -0.4 is 26.2 Å². The average Bonchev–Trinajstić information content (AvgIpc) is 3.64. The molecule has 2 saturated heterocycles. The zero-order chi connectivity index (χ0) is 39.1. The van der Waals surface area contributed by atoms with Crippen molar-refractivity contribution in [2.75, 3.05) is 35.2 Å². The quantitative estimate of drug-likeness (QED) is 0.148. The molecule has 4 N–H and O–H groups in total. The maximum Gasteiger partial charge on any atom is 0.262 e. The van der Waals surface area contributed by atoms with Crippen molar-refractivity contribution in [1.29, 1.82) is 0 Å². The summed E-state index contributed by atoms with van der Waals surface area (Å²) in [5, 5.41) is 17.5. The van der Waals surface area contributed by atoms with E-state index in [2.05, 4.69) is 62.2 Å². The lowest BCUT2D eigenvalue weighted by molar-refractivity contribution is -0.136. The van der Waals surface area contributed by atoms with Crippen LogP contribution in [0.15, 0.2) is 66.9 Å². The summed E-state index contributed by atoms with van der Waals surface area (Å²) in [5.41, 5.74) is 7.18. The maximum atomic E-state index is 13.3. The summed E-state index contributed by atoms with van der Waals surface area (Å²) in [6.07, 6.45) is 3.92. The van der Waals surface area contributed by atoms with E-state index in [9.17, 15) is 24.0 Å². The van der Waals surface area contributed by atoms with E-state index in [0.717, 1.165) is 44.0 Å². The summed E-state index contributed by atoms with van der Waals surface area (Å²) in [7, 11) is 1.86. The molecule has 3 aliphatic rings. The summed E-state index contributed by atoms with van der Waals surface area (Å²) in [6.45, 7) is 5.87. The molecule has 286 valence electrons. The normalized spacial score (nSPS) is 17.3. The van der Waals surface area contributed by atoms with E-state index in [1.807, 2.05) is 37.4 Å². The molecule has 2 aromatic heterocycles. The molecule has 15 nitrogen and oxygen atoms in total. The average molecular weight is 755 g/mol. The number of benzene rings is 3. The number of rotatable bonds is 10. The standard InChI is InChI=1S/C41H42N10O5/c1-23-5-4-6-24(2)34(23)46-35-31-22-43-41(47-36(31)49(3)48-35)44-27-9-7-25(8-10-27)15-18-42-37(53)26-16-19-50(20-17-26)28-11-12-29-30(21-28)40(56)51(39(29)55)32-13-14-33(52)45-38(32)54/h4-12,21-22,26,32H,13-20H2,1-3H3,(H,42,53)(H,46,48)(H,43,44,47)(H,45,52,54). The maximum absolute atomic E-state index is 13.3. The molecular formula is C41H42N10O5. The Kier molecular flexibility index (Phi) is 9.66. The first-order chi connectivity index (χ1) is 27.0. The molecule has 56 heavy (non-hydrogen) atoms. The first-order valence-corrected chi connectivity index (χ1v) is 18.8. The van der Waals surface area contributed by atoms with Crippen LogP contribution in [-0.4, -0.2) is 79.9 Å². The molecule has 2 fully saturated rings. The van der Waals surface area contributed by atoms with Crippen molar-refractivity contribution in [3.63, 3.8) is 0 Å². The smallest absolute Gasteiger partial charge is 0.262 e. The van der Waals surface area contributed by atoms with Crippen LogP contribution in [0.3, 0.4) is 0 Å². The third kappa shape index (κ3) is 7.03. The second-order valence-corrected chi connectivity index (χ2v) is 14.6. The number of hydrogen-bond acceptors (Lipinski definition) is 11. The number of nitrogens with one attached hydrogen (secondary N) is 4. The first kappa shape index (κ1) is 36.3. The van der Waals surface area contributed by atoms with Gasteiger partial charge < -0.3 is 20.9 Å². The third-order valence-electron chi connectivity index (χ3n) is 10.9. The SMILES string of the molecule is Cc1cccc(C)c1Nc1nn(C)c2nc(Nc3ccc(CCNC(=O)C4CCN(c5ccc6c(c5)C(=O)N(C5CCC(=O)NC5=O)C6=O)CC4)cc3)ncc12. The molecule has 1 unspecified atom stereocenters. The van der Waals surface area contributed by atoms with Crippen LogP contribution in [-0.2, 0) is 27.9 Å². The summed E-state index contributed by atoms with van der Waals surface area (Å²) in [5.74, 6) is -1.06. The van der Waals surface area contributed by atoms with Crippen molar-refractivity contribution in [2.24, 2.45) is 13.0 Å². The van der Waals surface area contributed by atoms with Gasteiger partial charge in [-0.2, -0.15) is 10.1 Å². The molecule has 0 aliphatic carbocycles. The predicted octanol–water partition coefficient (Wildman–Crippen LogP) is 4.44. The van der Waals surface area contributed by atoms with Crippen molar-refractivity contribution in [3.8, 4) is 0 Å². The summed E-state index contributed by atoms with van der Waals surface area (Å²) < 4.78 is 1.74. The molecule has 0 saturated carbocycles. The molecule has 1 atom stereocenters. The van der Waals surface area contributed by atoms with Crippen LogP contribution in [0.1, 0.15) is 63.1 Å². The van der Waals surface area contributed by atoms with Crippen molar-refractivity contribution in [1.82, 2.24) is 35.3 Å². The van der Waals surface area contributed by atoms with Gasteiger partial charge in [0, 0.05) is 62.3 Å². The zero-order valence-electron chi connectivity index (χ0n) is 31.4. The molecule has 15 heteroatoms. The molecule has 3 aliphatic heterocycles. The van der Waals surface area contributed by atoms with Crippen LogP contribution in [0.2, 0.25) is 0 Å². The Balaban J connectivity index is 0.806. The van der Waals surface area contributed by atoms with E-state index in [4.69, 9.17) is 4.98 Å². The first-order valence-electron chi connectivity index (χ1n) is 18.8. The van der Waals surface area contributed by atoms with Crippen LogP contribution in [0.25, 0.3) is 11.0 Å². The number of nitrogens with zero attached hydrogens (tertiary/aromatic N) is 6. The Labute approximate surface area is 322 Å². The van der Waals surface area contributed by atoms with Crippen LogP contribution in [0, 0.1) is 19.8 Å². The lowest BCUT2D eigenvalue weighted by Crippen LogP contribution is -2.54. The Hall–Kier alpha value is -6.64. The molecule has 0 radical (unpaired) electrons. The number of para-hydroxylation sites is 1. The molecular weight excluding hydrogens is 713 g/mol. The van der Waals surface area contributed by atoms with Gasteiger partial charge in [0.25, 0.3) is 11.8 Å². The van der Waals surface area contributed by atoms with E-state index in [-0.39, 0.29) is 35.8 Å². The molecule has 3 aromatic carbocycles. The summed E-state index contributed by atoms with van der Waals surface area (Å²) >= 11 is 0. The van der Waals surface area contributed by atoms with Gasteiger partial charge in [-0.25, -0.2) is 9.67 Å². The molecule has 5 aromatic rings. The van der Waals surface area contributed by atoms with Crippen molar-refractivity contribution < 1.29 is 24.0 Å². The Morgan fingerprint density at radius 1 is 0.893 bits per heavy atom. The van der Waals surface area contributed by atoms with Crippen LogP contribution in [0.5, 0.6) is 0 Å². The predicted molar refractivity (Wildman–Crippen MR) is 210 cm³/mol. The van der Waals surface area contributed by atoms with E-state index >= 15 is 0 Å². The number of fused-ring (bicyclic) bond motifs is 2. The van der Waals surface area contributed by atoms with Gasteiger partial charge >= 0.3 is 0 Å². The number of anilines is 5. The van der Waals surface area contributed by atoms with Gasteiger partial charge in [0.05, 0.1) is 16.5 Å². The van der Waals surface area contributed by atoms with E-state index in [1.165, 1.54) is 0 Å². The van der Waals surface area contributed by atoms with Gasteiger partial charge in [-0.1, -0.05) is 30.3 Å². The minimum atomic E-state index is -1.00. The van der Waals surface area contributed by atoms with E-state index in [0.29, 0.717) is 56.3 Å². The van der Waals surface area contributed by atoms with E-state index in [1.54, 1.807) is 29.1 Å². The lowest BCUT2D eigenvalue weighted by Gasteiger charge is -2.33. The summed E-state index contributed by atoms with van der Waals surface area (Å²) in [6, 6.07) is 18.2. The molecule has 0 bridgehead atoms. The second kappa shape index (κ2) is 14.9. The Bertz CT molecular complexity index is 2380. The Morgan fingerprint density at radius 3 is 2.36 bits per heavy atom. The Morgan fingerprint density at radius 2 is 1.62 bits per heavy atom. The third-order valence-corrected chi connectivity index (χ3v) is 10.9. The minimum absolute atomic E-state index is 0.0210. The van der Waals surface area contributed by atoms with Crippen LogP contribution >= 0.6 is 0 Å². The number of imide groups is 2. The van der Waals surface area contributed by atoms with Crippen molar-refractivity contribution in [3.05, 3.63) is 94.7 Å². The number of hydrogen-bond donors (Lipinski definition) is 4. The summed E-state index contributed by atoms with van der Waals surface area (Å²) in [4.78, 5) is 75.8. The van der Waals surface area contributed by atoms with Gasteiger partial charge in [-0.15, -0.1) is 0 Å². The molecule has 5 amide bonds. The van der Waals surface area contributed by atoms with Gasteiger partial charge in [0.15, 0.2) is 11.5 Å². The second-order valence-electron chi connectivity index (χ2n) is 14.6. The molecule has 5 heterocycles. The lowest BCUT2D eigenvalue weighted by atomic mass is 9.95. The van der Waals surface area contributed by atoms with Gasteiger partial charge in [0.2, 0.25) is 23.7 Å². The number of carbonyl (C=O) groups is 5. The monoisotopic (exact) mass is 754 g/mol. The zero-order valence-corrected chi connectivity index (χ0v) is 31.4. The molecule has 8 rings (SSSR count). The fraction of sp³-hybridized carbons (Fsp3) is 0.317. The fourth-order valence-corrected chi connectivity index (χ4v) is 7.73. The highest BCUT2D eigenvalue weighted by molar-refractivity contribution is 6.23. The minimum Gasteiger partial charge on any atom is -0.371 e. The highest BCUT2D eigenvalue weighted by atomic mass is 16.2. The number of carbonyl (C=O) groups excluding carboxylic acids is 5. The van der Waals surface area contributed by atoms with E-state index < -0.39 is 29.7 Å². The molecule has 0 spiro atoms. The van der Waals surface area contributed by atoms with Crippen molar-refractivity contribution >= 4 is 69.4 Å². The van der Waals surface area contributed by atoms with Gasteiger partial charge in [0.1, 0.15) is 6.04 Å².